The number of halogens is 1. The number of rotatable bonds is 4. The molecule has 0 rings (SSSR count). The SMILES string of the molecule is C#CC[N+](CC#C)(CC#C)CC#C.[Br-]. The maximum atomic E-state index is 5.23. The van der Waals surface area contributed by atoms with E-state index in [-0.39, 0.29) is 17.0 Å². The zero-order chi connectivity index (χ0) is 10.2. The van der Waals surface area contributed by atoms with Crippen LogP contribution in [0.25, 0.3) is 0 Å². The van der Waals surface area contributed by atoms with Gasteiger partial charge in [0.05, 0.1) is 0 Å². The molecule has 0 radical (unpaired) electrons. The predicted molar refractivity (Wildman–Crippen MR) is 55.1 cm³/mol. The van der Waals surface area contributed by atoms with Crippen molar-refractivity contribution in [3.05, 3.63) is 0 Å². The van der Waals surface area contributed by atoms with Gasteiger partial charge in [-0.1, -0.05) is 0 Å². The standard InChI is InChI=1S/C12H12N.BrH/c1-5-9-13(10-6-2,11-7-3)12-8-4;/h1-4H,9-12H2;1H/q+1;/p-1. The molecule has 0 aromatic heterocycles. The van der Waals surface area contributed by atoms with Crippen LogP contribution in [0.4, 0.5) is 0 Å². The Kier molecular flexibility index (Phi) is 8.98. The van der Waals surface area contributed by atoms with Gasteiger partial charge >= 0.3 is 0 Å². The average Bonchev–Trinajstić information content (AvgIpc) is 2.06. The molecular weight excluding hydrogens is 238 g/mol. The average molecular weight is 250 g/mol. The molecule has 0 saturated carbocycles. The van der Waals surface area contributed by atoms with Crippen molar-refractivity contribution in [1.29, 1.82) is 0 Å². The van der Waals surface area contributed by atoms with Crippen molar-refractivity contribution in [2.75, 3.05) is 26.2 Å². The first kappa shape index (κ1) is 15.2. The third kappa shape index (κ3) is 4.64. The summed E-state index contributed by atoms with van der Waals surface area (Å²) in [5.74, 6) is 10.2. The zero-order valence-electron chi connectivity index (χ0n) is 7.96. The fraction of sp³-hybridized carbons (Fsp3) is 0.333. The Balaban J connectivity index is 0. The van der Waals surface area contributed by atoms with Crippen LogP contribution in [0, 0.1) is 49.4 Å². The number of quaternary nitrogens is 1. The van der Waals surface area contributed by atoms with Gasteiger partial charge in [0.2, 0.25) is 0 Å². The largest absolute Gasteiger partial charge is 1.00 e. The number of nitrogens with zero attached hydrogens (tertiary/aromatic N) is 1. The van der Waals surface area contributed by atoms with E-state index >= 15 is 0 Å². The van der Waals surface area contributed by atoms with Gasteiger partial charge in [0, 0.05) is 0 Å². The molecule has 0 aromatic rings. The predicted octanol–water partition coefficient (Wildman–Crippen LogP) is -2.66. The summed E-state index contributed by atoms with van der Waals surface area (Å²) >= 11 is 0. The van der Waals surface area contributed by atoms with Crippen LogP contribution in [0.2, 0.25) is 0 Å². The van der Waals surface area contributed by atoms with Gasteiger partial charge in [-0.05, 0) is 23.7 Å². The van der Waals surface area contributed by atoms with Crippen LogP contribution in [0.15, 0.2) is 0 Å². The van der Waals surface area contributed by atoms with Gasteiger partial charge in [0.25, 0.3) is 0 Å². The molecule has 0 saturated heterocycles. The molecule has 14 heavy (non-hydrogen) atoms. The summed E-state index contributed by atoms with van der Waals surface area (Å²) in [4.78, 5) is 0. The van der Waals surface area contributed by atoms with Gasteiger partial charge in [0.15, 0.2) is 0 Å². The quantitative estimate of drug-likeness (QED) is 0.377. The maximum absolute atomic E-state index is 5.23. The van der Waals surface area contributed by atoms with Gasteiger partial charge in [-0.25, -0.2) is 0 Å². The van der Waals surface area contributed by atoms with Crippen LogP contribution >= 0.6 is 0 Å². The van der Waals surface area contributed by atoms with Crippen LogP contribution in [-0.2, 0) is 0 Å². The lowest BCUT2D eigenvalue weighted by Crippen LogP contribution is -3.00. The Morgan fingerprint density at radius 3 is 1.00 bits per heavy atom. The molecule has 0 bridgehead atoms. The third-order valence-electron chi connectivity index (χ3n) is 1.71. The Morgan fingerprint density at radius 1 is 0.643 bits per heavy atom. The van der Waals surface area contributed by atoms with Crippen LogP contribution < -0.4 is 17.0 Å². The van der Waals surface area contributed by atoms with Gasteiger partial charge in [-0.3, -0.25) is 4.48 Å². The minimum absolute atomic E-state index is 0. The van der Waals surface area contributed by atoms with Gasteiger partial charge in [0.1, 0.15) is 26.2 Å². The zero-order valence-corrected chi connectivity index (χ0v) is 9.55. The van der Waals surface area contributed by atoms with Crippen LogP contribution in [-0.4, -0.2) is 30.7 Å². The third-order valence-corrected chi connectivity index (χ3v) is 1.71. The molecule has 0 atom stereocenters. The number of terminal acetylenes is 4. The van der Waals surface area contributed by atoms with E-state index in [0.717, 1.165) is 0 Å². The highest BCUT2D eigenvalue weighted by Crippen LogP contribution is 2.03. The van der Waals surface area contributed by atoms with Gasteiger partial charge < -0.3 is 17.0 Å². The fourth-order valence-corrected chi connectivity index (χ4v) is 1.11. The maximum Gasteiger partial charge on any atom is 0.142 e. The number of hydrogen-bond acceptors (Lipinski definition) is 0. The Hall–Kier alpha value is -1.32. The Morgan fingerprint density at radius 2 is 0.857 bits per heavy atom. The minimum atomic E-state index is 0. The molecule has 0 fully saturated rings. The van der Waals surface area contributed by atoms with E-state index < -0.39 is 0 Å². The second kappa shape index (κ2) is 8.29. The summed E-state index contributed by atoms with van der Waals surface area (Å²) in [5, 5.41) is 0. The Labute approximate surface area is 97.2 Å². The van der Waals surface area contributed by atoms with E-state index in [4.69, 9.17) is 25.7 Å². The van der Waals surface area contributed by atoms with E-state index in [2.05, 4.69) is 23.7 Å². The smallest absolute Gasteiger partial charge is 0.142 e. The fourth-order valence-electron chi connectivity index (χ4n) is 1.11. The first-order valence-corrected chi connectivity index (χ1v) is 3.83. The van der Waals surface area contributed by atoms with Crippen LogP contribution in [0.1, 0.15) is 0 Å². The monoisotopic (exact) mass is 249 g/mol. The molecule has 0 spiro atoms. The molecular formula is C12H12BrN. The second-order valence-electron chi connectivity index (χ2n) is 2.79. The van der Waals surface area contributed by atoms with Crippen molar-refractivity contribution in [2.45, 2.75) is 0 Å². The van der Waals surface area contributed by atoms with E-state index in [0.29, 0.717) is 30.7 Å². The van der Waals surface area contributed by atoms with E-state index in [1.165, 1.54) is 0 Å². The van der Waals surface area contributed by atoms with Gasteiger partial charge in [-0.15, -0.1) is 25.7 Å². The summed E-state index contributed by atoms with van der Waals surface area (Å²) in [6, 6.07) is 0. The van der Waals surface area contributed by atoms with Crippen molar-refractivity contribution >= 4 is 0 Å². The first-order valence-electron chi connectivity index (χ1n) is 3.83. The summed E-state index contributed by atoms with van der Waals surface area (Å²) < 4.78 is 0.431. The van der Waals surface area contributed by atoms with Crippen molar-refractivity contribution in [1.82, 2.24) is 0 Å². The summed E-state index contributed by atoms with van der Waals surface area (Å²) in [5.41, 5.74) is 0. The topological polar surface area (TPSA) is 0 Å². The van der Waals surface area contributed by atoms with Crippen molar-refractivity contribution in [2.24, 2.45) is 0 Å². The first-order chi connectivity index (χ1) is 6.24. The molecule has 0 aliphatic heterocycles. The Bertz CT molecular complexity index is 247. The molecule has 2 heteroatoms. The highest BCUT2D eigenvalue weighted by atomic mass is 79.9. The van der Waals surface area contributed by atoms with E-state index in [1.807, 2.05) is 0 Å². The highest BCUT2D eigenvalue weighted by molar-refractivity contribution is 4.96. The van der Waals surface area contributed by atoms with Crippen LogP contribution in [0.5, 0.6) is 0 Å². The van der Waals surface area contributed by atoms with Crippen molar-refractivity contribution in [3.8, 4) is 49.4 Å². The molecule has 0 unspecified atom stereocenters. The van der Waals surface area contributed by atoms with E-state index in [1.54, 1.807) is 0 Å². The number of hydrogen-bond donors (Lipinski definition) is 0. The normalized spacial score (nSPS) is 8.29. The molecule has 0 N–H and O–H groups in total. The van der Waals surface area contributed by atoms with Gasteiger partial charge in [-0.2, -0.15) is 0 Å². The molecule has 1 nitrogen and oxygen atoms in total. The summed E-state index contributed by atoms with van der Waals surface area (Å²) in [6.07, 6.45) is 20.9. The molecule has 0 aromatic carbocycles. The molecule has 0 amide bonds. The lowest BCUT2D eigenvalue weighted by atomic mass is 10.3. The lowest BCUT2D eigenvalue weighted by Gasteiger charge is -2.31. The molecule has 0 aliphatic carbocycles. The molecule has 0 aliphatic rings. The molecule has 0 heterocycles. The minimum Gasteiger partial charge on any atom is -1.00 e. The second-order valence-corrected chi connectivity index (χ2v) is 2.79. The van der Waals surface area contributed by atoms with E-state index in [9.17, 15) is 0 Å². The summed E-state index contributed by atoms with van der Waals surface area (Å²) in [6.45, 7) is 1.94. The molecule has 72 valence electrons. The van der Waals surface area contributed by atoms with Crippen molar-refractivity contribution < 1.29 is 21.5 Å². The highest BCUT2D eigenvalue weighted by Gasteiger charge is 2.22. The lowest BCUT2D eigenvalue weighted by molar-refractivity contribution is -0.901. The summed E-state index contributed by atoms with van der Waals surface area (Å²) in [7, 11) is 0. The van der Waals surface area contributed by atoms with Crippen molar-refractivity contribution in [3.63, 3.8) is 0 Å². The van der Waals surface area contributed by atoms with Crippen LogP contribution in [0.3, 0.4) is 0 Å².